The lowest BCUT2D eigenvalue weighted by Gasteiger charge is -2.26. The third-order valence-electron chi connectivity index (χ3n) is 5.21. The highest BCUT2D eigenvalue weighted by Gasteiger charge is 2.22. The second-order valence-electron chi connectivity index (χ2n) is 9.94. The molecule has 0 radical (unpaired) electrons. The van der Waals surface area contributed by atoms with Gasteiger partial charge in [-0.1, -0.05) is 53.7 Å². The van der Waals surface area contributed by atoms with E-state index in [1.54, 1.807) is 17.1 Å². The Hall–Kier alpha value is -2.95. The summed E-state index contributed by atoms with van der Waals surface area (Å²) in [7, 11) is 1.88. The lowest BCUT2D eigenvalue weighted by Crippen LogP contribution is -2.25. The Labute approximate surface area is 179 Å². The van der Waals surface area contributed by atoms with Crippen LogP contribution in [0.5, 0.6) is 0 Å². The molecule has 0 bridgehead atoms. The van der Waals surface area contributed by atoms with Gasteiger partial charge in [0.25, 0.3) is 5.91 Å². The summed E-state index contributed by atoms with van der Waals surface area (Å²) in [6.45, 7) is 13.5. The SMILES string of the molecule is Cn1cc(-c2ccc(CNC(=O)c3cc(C(C)(C)C)cc(C(C)(C)C)c3)cn2)cn1. The maximum absolute atomic E-state index is 12.9. The Morgan fingerprint density at radius 2 is 1.60 bits per heavy atom. The Balaban J connectivity index is 1.76. The van der Waals surface area contributed by atoms with Gasteiger partial charge in [0.15, 0.2) is 0 Å². The normalized spacial score (nSPS) is 12.1. The zero-order chi connectivity index (χ0) is 22.1. The van der Waals surface area contributed by atoms with Gasteiger partial charge >= 0.3 is 0 Å². The molecule has 158 valence electrons. The minimum absolute atomic E-state index is 0.0255. The molecule has 0 atom stereocenters. The number of aromatic nitrogens is 3. The largest absolute Gasteiger partial charge is 0.348 e. The molecule has 1 aromatic carbocycles. The molecule has 0 aliphatic carbocycles. The molecule has 5 nitrogen and oxygen atoms in total. The van der Waals surface area contributed by atoms with Crippen LogP contribution in [0.1, 0.15) is 68.6 Å². The van der Waals surface area contributed by atoms with E-state index in [4.69, 9.17) is 0 Å². The van der Waals surface area contributed by atoms with Crippen molar-refractivity contribution in [2.24, 2.45) is 7.05 Å². The summed E-state index contributed by atoms with van der Waals surface area (Å²) < 4.78 is 1.75. The molecule has 0 saturated carbocycles. The molecule has 3 aromatic rings. The maximum Gasteiger partial charge on any atom is 0.251 e. The second kappa shape index (κ2) is 8.05. The van der Waals surface area contributed by atoms with Gasteiger partial charge in [0.2, 0.25) is 0 Å². The molecule has 0 aliphatic rings. The molecule has 2 aromatic heterocycles. The predicted octanol–water partition coefficient (Wildman–Crippen LogP) is 5.01. The minimum Gasteiger partial charge on any atom is -0.348 e. The number of pyridine rings is 1. The number of aryl methyl sites for hydroxylation is 1. The zero-order valence-corrected chi connectivity index (χ0v) is 19.1. The third-order valence-corrected chi connectivity index (χ3v) is 5.21. The molecule has 2 heterocycles. The van der Waals surface area contributed by atoms with Crippen LogP contribution in [0.4, 0.5) is 0 Å². The number of nitrogens with zero attached hydrogens (tertiary/aromatic N) is 3. The van der Waals surface area contributed by atoms with Gasteiger partial charge in [-0.2, -0.15) is 5.10 Å². The molecule has 5 heteroatoms. The fourth-order valence-corrected chi connectivity index (χ4v) is 3.16. The maximum atomic E-state index is 12.9. The molecule has 3 rings (SSSR count). The van der Waals surface area contributed by atoms with Crippen molar-refractivity contribution in [3.05, 3.63) is 71.2 Å². The Kier molecular flexibility index (Phi) is 5.84. The van der Waals surface area contributed by atoms with Gasteiger partial charge in [-0.25, -0.2) is 0 Å². The van der Waals surface area contributed by atoms with Crippen LogP contribution in [-0.2, 0) is 24.4 Å². The van der Waals surface area contributed by atoms with Crippen molar-refractivity contribution in [3.8, 4) is 11.3 Å². The quantitative estimate of drug-likeness (QED) is 0.665. The van der Waals surface area contributed by atoms with Crippen LogP contribution in [0.25, 0.3) is 11.3 Å². The molecule has 0 fully saturated rings. The van der Waals surface area contributed by atoms with Crippen molar-refractivity contribution in [1.29, 1.82) is 0 Å². The average Bonchev–Trinajstić information content (AvgIpc) is 3.11. The molecule has 0 saturated heterocycles. The van der Waals surface area contributed by atoms with E-state index in [1.165, 1.54) is 11.1 Å². The fraction of sp³-hybridized carbons (Fsp3) is 0.400. The molecule has 1 N–H and O–H groups in total. The van der Waals surface area contributed by atoms with Crippen molar-refractivity contribution in [2.75, 3.05) is 0 Å². The summed E-state index contributed by atoms with van der Waals surface area (Å²) in [6.07, 6.45) is 5.52. The van der Waals surface area contributed by atoms with Crippen LogP contribution in [0, 0.1) is 0 Å². The van der Waals surface area contributed by atoms with Gasteiger partial charge in [0, 0.05) is 37.1 Å². The number of rotatable bonds is 4. The highest BCUT2D eigenvalue weighted by molar-refractivity contribution is 5.94. The molecular formula is C25H32N4O. The molecule has 0 spiro atoms. The van der Waals surface area contributed by atoms with E-state index in [2.05, 4.69) is 63.0 Å². The topological polar surface area (TPSA) is 59.8 Å². The first-order valence-electron chi connectivity index (χ1n) is 10.3. The zero-order valence-electron chi connectivity index (χ0n) is 19.1. The monoisotopic (exact) mass is 404 g/mol. The van der Waals surface area contributed by atoms with Gasteiger partial charge in [-0.15, -0.1) is 0 Å². The lowest BCUT2D eigenvalue weighted by molar-refractivity contribution is 0.0950. The van der Waals surface area contributed by atoms with E-state index in [9.17, 15) is 4.79 Å². The van der Waals surface area contributed by atoms with Crippen molar-refractivity contribution in [1.82, 2.24) is 20.1 Å². The number of nitrogens with one attached hydrogen (secondary N) is 1. The van der Waals surface area contributed by atoms with Gasteiger partial charge in [-0.3, -0.25) is 14.5 Å². The first-order valence-corrected chi connectivity index (χ1v) is 10.3. The Morgan fingerprint density at radius 1 is 0.967 bits per heavy atom. The number of carbonyl (C=O) groups is 1. The van der Waals surface area contributed by atoms with Crippen LogP contribution < -0.4 is 5.32 Å². The third kappa shape index (κ3) is 5.15. The van der Waals surface area contributed by atoms with Gasteiger partial charge < -0.3 is 5.32 Å². The Morgan fingerprint density at radius 3 is 2.07 bits per heavy atom. The number of hydrogen-bond donors (Lipinski definition) is 1. The average molecular weight is 405 g/mol. The predicted molar refractivity (Wildman–Crippen MR) is 121 cm³/mol. The standard InChI is InChI=1S/C25H32N4O/c1-24(2,3)20-10-18(11-21(12-20)25(4,5)6)23(30)27-14-17-8-9-22(26-13-17)19-15-28-29(7)16-19/h8-13,15-16H,14H2,1-7H3,(H,27,30). The van der Waals surface area contributed by atoms with Gasteiger partial charge in [0.1, 0.15) is 0 Å². The van der Waals surface area contributed by atoms with Crippen molar-refractivity contribution in [3.63, 3.8) is 0 Å². The molecular weight excluding hydrogens is 372 g/mol. The van der Waals surface area contributed by atoms with Crippen molar-refractivity contribution in [2.45, 2.75) is 58.9 Å². The number of hydrogen-bond acceptors (Lipinski definition) is 3. The number of carbonyl (C=O) groups excluding carboxylic acids is 1. The highest BCUT2D eigenvalue weighted by Crippen LogP contribution is 2.30. The molecule has 0 unspecified atom stereocenters. The van der Waals surface area contributed by atoms with Crippen LogP contribution in [-0.4, -0.2) is 20.7 Å². The van der Waals surface area contributed by atoms with E-state index in [1.807, 2.05) is 37.5 Å². The first kappa shape index (κ1) is 21.8. The fourth-order valence-electron chi connectivity index (χ4n) is 3.16. The molecule has 0 aliphatic heterocycles. The van der Waals surface area contributed by atoms with E-state index in [-0.39, 0.29) is 16.7 Å². The van der Waals surface area contributed by atoms with E-state index in [0.29, 0.717) is 12.1 Å². The van der Waals surface area contributed by atoms with Crippen LogP contribution in [0.3, 0.4) is 0 Å². The van der Waals surface area contributed by atoms with Crippen molar-refractivity contribution < 1.29 is 4.79 Å². The minimum atomic E-state index is -0.0667. The van der Waals surface area contributed by atoms with Gasteiger partial charge in [-0.05, 0) is 45.7 Å². The lowest BCUT2D eigenvalue weighted by atomic mass is 9.79. The summed E-state index contributed by atoms with van der Waals surface area (Å²) in [5.74, 6) is -0.0667. The number of benzene rings is 1. The summed E-state index contributed by atoms with van der Waals surface area (Å²) in [4.78, 5) is 17.4. The second-order valence-corrected chi connectivity index (χ2v) is 9.94. The van der Waals surface area contributed by atoms with E-state index < -0.39 is 0 Å². The smallest absolute Gasteiger partial charge is 0.251 e. The summed E-state index contributed by atoms with van der Waals surface area (Å²) in [5, 5.41) is 7.22. The van der Waals surface area contributed by atoms with Crippen LogP contribution >= 0.6 is 0 Å². The first-order chi connectivity index (χ1) is 13.9. The van der Waals surface area contributed by atoms with E-state index >= 15 is 0 Å². The van der Waals surface area contributed by atoms with Crippen LogP contribution in [0.15, 0.2) is 48.9 Å². The Bertz CT molecular complexity index is 1000. The highest BCUT2D eigenvalue weighted by atomic mass is 16.1. The molecule has 30 heavy (non-hydrogen) atoms. The summed E-state index contributed by atoms with van der Waals surface area (Å²) in [6, 6.07) is 10.2. The molecule has 1 amide bonds. The van der Waals surface area contributed by atoms with Crippen LogP contribution in [0.2, 0.25) is 0 Å². The summed E-state index contributed by atoms with van der Waals surface area (Å²) in [5.41, 5.74) is 5.79. The van der Waals surface area contributed by atoms with E-state index in [0.717, 1.165) is 16.8 Å². The number of amides is 1. The van der Waals surface area contributed by atoms with Gasteiger partial charge in [0.05, 0.1) is 11.9 Å². The van der Waals surface area contributed by atoms with Crippen molar-refractivity contribution >= 4 is 5.91 Å². The summed E-state index contributed by atoms with van der Waals surface area (Å²) >= 11 is 0.